The van der Waals surface area contributed by atoms with Gasteiger partial charge in [-0.25, -0.2) is 13.2 Å². The van der Waals surface area contributed by atoms with Gasteiger partial charge in [0.05, 0.1) is 11.0 Å². The van der Waals surface area contributed by atoms with Crippen molar-refractivity contribution < 1.29 is 33.0 Å². The Morgan fingerprint density at radius 3 is 2.12 bits per heavy atom. The fourth-order valence-electron chi connectivity index (χ4n) is 3.82. The number of nitrogens with zero attached hydrogens (tertiary/aromatic N) is 1. The van der Waals surface area contributed by atoms with Crippen molar-refractivity contribution in [3.63, 3.8) is 0 Å². The number of rotatable bonds is 10. The van der Waals surface area contributed by atoms with E-state index in [9.17, 15) is 27.9 Å². The number of piperidine rings is 1. The zero-order valence-electron chi connectivity index (χ0n) is 20.0. The molecule has 1 aromatic rings. The summed E-state index contributed by atoms with van der Waals surface area (Å²) in [4.78, 5) is 38.6. The first-order valence-electron chi connectivity index (χ1n) is 11.5. The lowest BCUT2D eigenvalue weighted by atomic mass is 9.93. The van der Waals surface area contributed by atoms with Gasteiger partial charge in [-0.1, -0.05) is 38.0 Å². The van der Waals surface area contributed by atoms with Crippen LogP contribution >= 0.6 is 0 Å². The molecule has 4 atom stereocenters. The number of aliphatic hydroxyl groups excluding tert-OH is 1. The molecule has 2 rings (SSSR count). The minimum absolute atomic E-state index is 0.0840. The van der Waals surface area contributed by atoms with Gasteiger partial charge in [-0.05, 0) is 44.7 Å². The van der Waals surface area contributed by atoms with Crippen LogP contribution in [-0.2, 0) is 24.4 Å². The van der Waals surface area contributed by atoms with Crippen LogP contribution < -0.4 is 10.0 Å². The summed E-state index contributed by atoms with van der Waals surface area (Å²) in [6, 6.07) is 4.02. The van der Waals surface area contributed by atoms with Crippen molar-refractivity contribution in [2.75, 3.05) is 13.1 Å². The molecular weight excluding hydrogens is 462 g/mol. The van der Waals surface area contributed by atoms with E-state index in [2.05, 4.69) is 10.0 Å². The van der Waals surface area contributed by atoms with Gasteiger partial charge < -0.3 is 20.4 Å². The lowest BCUT2D eigenvalue weighted by molar-refractivity contribution is -0.146. The monoisotopic (exact) mass is 497 g/mol. The number of hydrogen-bond acceptors (Lipinski definition) is 6. The molecule has 0 saturated carbocycles. The second kappa shape index (κ2) is 11.8. The van der Waals surface area contributed by atoms with E-state index < -0.39 is 46.0 Å². The van der Waals surface area contributed by atoms with Gasteiger partial charge in [-0.15, -0.1) is 0 Å². The highest BCUT2D eigenvalue weighted by Crippen LogP contribution is 2.22. The molecule has 0 aromatic heterocycles. The molecule has 1 saturated heterocycles. The summed E-state index contributed by atoms with van der Waals surface area (Å²) in [6.07, 6.45) is -0.0498. The highest BCUT2D eigenvalue weighted by molar-refractivity contribution is 7.89. The highest BCUT2D eigenvalue weighted by Gasteiger charge is 2.36. The Morgan fingerprint density at radius 2 is 1.65 bits per heavy atom. The summed E-state index contributed by atoms with van der Waals surface area (Å²) < 4.78 is 28.4. The van der Waals surface area contributed by atoms with Crippen LogP contribution in [0, 0.1) is 18.8 Å². The third-order valence-corrected chi connectivity index (χ3v) is 7.77. The number of likely N-dealkylation sites (tertiary alicyclic amines) is 1. The van der Waals surface area contributed by atoms with Crippen LogP contribution in [-0.4, -0.2) is 72.6 Å². The number of aryl methyl sites for hydroxylation is 1. The standard InChI is InChI=1S/C23H35N3O7S/c1-5-15(3)19(25-34(32,33)18-8-6-14(2)7-9-18)22(29)26-12-10-17(11-13-26)21(28)24-20(16(4)27)23(30)31/h6-9,15-17,19-20,25,27H,5,10-13H2,1-4H3,(H,24,28)(H,30,31)/t15?,16?,19-,20-/m0/s1. The number of carboxylic acids is 1. The third-order valence-electron chi connectivity index (χ3n) is 6.32. The predicted molar refractivity (Wildman–Crippen MR) is 125 cm³/mol. The van der Waals surface area contributed by atoms with E-state index >= 15 is 0 Å². The maximum absolute atomic E-state index is 13.3. The van der Waals surface area contributed by atoms with Crippen LogP contribution in [0.3, 0.4) is 0 Å². The second-order valence-electron chi connectivity index (χ2n) is 8.96. The van der Waals surface area contributed by atoms with Crippen LogP contribution in [0.25, 0.3) is 0 Å². The van der Waals surface area contributed by atoms with Gasteiger partial charge >= 0.3 is 5.97 Å². The van der Waals surface area contributed by atoms with Gasteiger partial charge in [-0.2, -0.15) is 4.72 Å². The number of carboxylic acid groups (broad SMARTS) is 1. The molecule has 0 bridgehead atoms. The molecule has 0 radical (unpaired) electrons. The fraction of sp³-hybridized carbons (Fsp3) is 0.609. The van der Waals surface area contributed by atoms with Crippen LogP contribution in [0.15, 0.2) is 29.2 Å². The third kappa shape index (κ3) is 7.00. The van der Waals surface area contributed by atoms with E-state index in [0.717, 1.165) is 5.56 Å². The molecule has 2 amide bonds. The number of hydrogen-bond donors (Lipinski definition) is 4. The topological polar surface area (TPSA) is 153 Å². The van der Waals surface area contributed by atoms with Crippen molar-refractivity contribution >= 4 is 27.8 Å². The van der Waals surface area contributed by atoms with Crippen molar-refractivity contribution in [2.45, 2.75) is 70.0 Å². The molecule has 2 unspecified atom stereocenters. The first kappa shape index (κ1) is 27.7. The fourth-order valence-corrected chi connectivity index (χ4v) is 5.11. The van der Waals surface area contributed by atoms with E-state index in [4.69, 9.17) is 5.11 Å². The predicted octanol–water partition coefficient (Wildman–Crippen LogP) is 0.877. The Bertz CT molecular complexity index is 971. The number of carbonyl (C=O) groups is 3. The number of benzene rings is 1. The van der Waals surface area contributed by atoms with E-state index in [1.165, 1.54) is 19.1 Å². The van der Waals surface area contributed by atoms with Gasteiger partial charge in [0.15, 0.2) is 6.04 Å². The van der Waals surface area contributed by atoms with Gasteiger partial charge in [0.1, 0.15) is 6.04 Å². The lowest BCUT2D eigenvalue weighted by Gasteiger charge is -2.35. The lowest BCUT2D eigenvalue weighted by Crippen LogP contribution is -2.55. The molecule has 10 nitrogen and oxygen atoms in total. The van der Waals surface area contributed by atoms with Crippen molar-refractivity contribution in [3.05, 3.63) is 29.8 Å². The number of nitrogens with one attached hydrogen (secondary N) is 2. The zero-order valence-corrected chi connectivity index (χ0v) is 20.8. The highest BCUT2D eigenvalue weighted by atomic mass is 32.2. The molecule has 1 aliphatic rings. The minimum atomic E-state index is -3.91. The Hall–Kier alpha value is -2.50. The van der Waals surface area contributed by atoms with Crippen molar-refractivity contribution in [2.24, 2.45) is 11.8 Å². The first-order valence-corrected chi connectivity index (χ1v) is 12.9. The van der Waals surface area contributed by atoms with E-state index in [1.54, 1.807) is 17.0 Å². The summed E-state index contributed by atoms with van der Waals surface area (Å²) in [5.41, 5.74) is 0.920. The number of sulfonamides is 1. The normalized spacial score (nSPS) is 18.6. The van der Waals surface area contributed by atoms with Crippen LogP contribution in [0.2, 0.25) is 0 Å². The van der Waals surface area contributed by atoms with Crippen LogP contribution in [0.4, 0.5) is 0 Å². The maximum atomic E-state index is 13.3. The number of aliphatic hydroxyl groups is 1. The van der Waals surface area contributed by atoms with Gasteiger partial charge in [0.25, 0.3) is 0 Å². The molecule has 1 heterocycles. The van der Waals surface area contributed by atoms with Crippen molar-refractivity contribution in [1.82, 2.24) is 14.9 Å². The number of carbonyl (C=O) groups excluding carboxylic acids is 2. The summed E-state index contributed by atoms with van der Waals surface area (Å²) in [5, 5.41) is 21.1. The summed E-state index contributed by atoms with van der Waals surface area (Å²) in [5.74, 6) is -2.92. The molecular formula is C23H35N3O7S. The molecule has 1 fully saturated rings. The molecule has 1 aromatic carbocycles. The van der Waals surface area contributed by atoms with Crippen molar-refractivity contribution in [3.8, 4) is 0 Å². The largest absolute Gasteiger partial charge is 0.480 e. The number of amides is 2. The summed E-state index contributed by atoms with van der Waals surface area (Å²) in [7, 11) is -3.91. The first-order chi connectivity index (χ1) is 15.9. The minimum Gasteiger partial charge on any atom is -0.480 e. The quantitative estimate of drug-likeness (QED) is 0.374. The Morgan fingerprint density at radius 1 is 1.09 bits per heavy atom. The van der Waals surface area contributed by atoms with E-state index in [-0.39, 0.29) is 29.8 Å². The van der Waals surface area contributed by atoms with Crippen LogP contribution in [0.5, 0.6) is 0 Å². The molecule has 4 N–H and O–H groups in total. The maximum Gasteiger partial charge on any atom is 0.328 e. The molecule has 11 heteroatoms. The average molecular weight is 498 g/mol. The summed E-state index contributed by atoms with van der Waals surface area (Å²) >= 11 is 0. The molecule has 190 valence electrons. The van der Waals surface area contributed by atoms with Gasteiger partial charge in [-0.3, -0.25) is 9.59 Å². The van der Waals surface area contributed by atoms with E-state index in [0.29, 0.717) is 19.3 Å². The smallest absolute Gasteiger partial charge is 0.328 e. The Kier molecular flexibility index (Phi) is 9.60. The van der Waals surface area contributed by atoms with E-state index in [1.807, 2.05) is 20.8 Å². The molecule has 0 spiro atoms. The second-order valence-corrected chi connectivity index (χ2v) is 10.7. The summed E-state index contributed by atoms with van der Waals surface area (Å²) in [6.45, 7) is 7.30. The van der Waals surface area contributed by atoms with Gasteiger partial charge in [0.2, 0.25) is 21.8 Å². The van der Waals surface area contributed by atoms with Crippen LogP contribution in [0.1, 0.15) is 45.6 Å². The Labute approximate surface area is 200 Å². The Balaban J connectivity index is 2.07. The van der Waals surface area contributed by atoms with Crippen molar-refractivity contribution in [1.29, 1.82) is 0 Å². The molecule has 34 heavy (non-hydrogen) atoms. The SMILES string of the molecule is CCC(C)[C@H](NS(=O)(=O)c1ccc(C)cc1)C(=O)N1CCC(C(=O)N[C@H](C(=O)O)C(C)O)CC1. The number of aliphatic carboxylic acids is 1. The molecule has 1 aliphatic heterocycles. The molecule has 0 aliphatic carbocycles. The zero-order chi connectivity index (χ0) is 25.6. The van der Waals surface area contributed by atoms with Gasteiger partial charge in [0, 0.05) is 19.0 Å². The average Bonchev–Trinajstić information content (AvgIpc) is 2.79.